The van der Waals surface area contributed by atoms with Crippen molar-refractivity contribution in [1.82, 2.24) is 0 Å². The summed E-state index contributed by atoms with van der Waals surface area (Å²) in [5.41, 5.74) is 0. The maximum absolute atomic E-state index is 12.7. The number of unbranched alkanes of at least 4 members (excludes halogenated alkanes) is 14. The molecular formula is C86H170O6S3Sn. The van der Waals surface area contributed by atoms with Crippen molar-refractivity contribution in [2.75, 3.05) is 17.3 Å². The predicted molar refractivity (Wildman–Crippen MR) is 432 cm³/mol. The molecule has 0 aromatic rings. The van der Waals surface area contributed by atoms with Crippen LogP contribution in [0.1, 0.15) is 440 Å². The van der Waals surface area contributed by atoms with Crippen LogP contribution in [-0.4, -0.2) is 71.9 Å². The molecule has 0 aliphatic rings. The van der Waals surface area contributed by atoms with Gasteiger partial charge in [0.05, 0.1) is 32.1 Å². The number of carboxylic acid groups (broad SMARTS) is 3. The Kier molecular flexibility index (Phi) is 75.8. The molecule has 0 aliphatic carbocycles. The third-order valence-corrected chi connectivity index (χ3v) is 28.1. The number of rotatable bonds is 66. The van der Waals surface area contributed by atoms with E-state index in [0.717, 1.165) is 152 Å². The van der Waals surface area contributed by atoms with Crippen molar-refractivity contribution < 1.29 is 29.7 Å². The van der Waals surface area contributed by atoms with Crippen LogP contribution >= 0.6 is 35.3 Å². The van der Waals surface area contributed by atoms with Crippen molar-refractivity contribution in [3.8, 4) is 0 Å². The number of carboxylic acids is 3. The second-order valence-electron chi connectivity index (χ2n) is 30.3. The molecule has 0 rings (SSSR count). The number of carbonyl (C=O) groups is 3. The van der Waals surface area contributed by atoms with Gasteiger partial charge in [-0.05, 0) is 128 Å². The molecule has 0 fully saturated rings. The van der Waals surface area contributed by atoms with Crippen LogP contribution in [0, 0.1) is 53.3 Å². The van der Waals surface area contributed by atoms with E-state index in [-0.39, 0.29) is 0 Å². The molecule has 9 unspecified atom stereocenters. The summed E-state index contributed by atoms with van der Waals surface area (Å²) in [7, 11) is 0. The molecule has 0 radical (unpaired) electrons. The van der Waals surface area contributed by atoms with Gasteiger partial charge in [0.2, 0.25) is 0 Å². The van der Waals surface area contributed by atoms with Crippen LogP contribution in [0.5, 0.6) is 0 Å². The van der Waals surface area contributed by atoms with Crippen LogP contribution in [0.15, 0.2) is 0 Å². The molecule has 9 atom stereocenters. The van der Waals surface area contributed by atoms with E-state index in [9.17, 15) is 29.7 Å². The summed E-state index contributed by atoms with van der Waals surface area (Å²) in [4.78, 5) is 38.0. The summed E-state index contributed by atoms with van der Waals surface area (Å²) < 4.78 is -0.660. The summed E-state index contributed by atoms with van der Waals surface area (Å²) >= 11 is 6.97. The first-order chi connectivity index (χ1) is 46.2. The Balaban J connectivity index is -0.000000619. The van der Waals surface area contributed by atoms with E-state index < -0.39 is 32.1 Å². The van der Waals surface area contributed by atoms with E-state index in [4.69, 9.17) is 0 Å². The Bertz CT molecular complexity index is 1430. The molecule has 0 N–H and O–H groups in total. The fourth-order valence-corrected chi connectivity index (χ4v) is 20.2. The Morgan fingerprint density at radius 1 is 0.250 bits per heavy atom. The molecule has 6 nitrogen and oxygen atoms in total. The van der Waals surface area contributed by atoms with Crippen LogP contribution in [0.25, 0.3) is 0 Å². The molecule has 0 aromatic carbocycles. The first kappa shape index (κ1) is 103. The van der Waals surface area contributed by atoms with Crippen LogP contribution in [0.2, 0.25) is 4.44 Å². The molecule has 0 bridgehead atoms. The summed E-state index contributed by atoms with van der Waals surface area (Å²) in [5.74, 6) is 5.42. The average molecular weight is 1520 g/mol. The van der Waals surface area contributed by atoms with Gasteiger partial charge in [-0.3, -0.25) is 0 Å². The number of carbonyl (C=O) groups excluding carboxylic acids is 3. The van der Waals surface area contributed by atoms with Gasteiger partial charge in [0.1, 0.15) is 0 Å². The molecule has 10 heteroatoms. The number of aliphatic carboxylic acids is 3. The fourth-order valence-electron chi connectivity index (χ4n) is 14.2. The molecule has 572 valence electrons. The molecule has 0 saturated carbocycles. The second kappa shape index (κ2) is 70.9. The molecular weight excluding hydrogens is 1340 g/mol. The van der Waals surface area contributed by atoms with Crippen molar-refractivity contribution >= 4 is 75.7 Å². The van der Waals surface area contributed by atoms with Gasteiger partial charge in [-0.1, -0.05) is 337 Å². The minimum absolute atomic E-state index is 0.500. The van der Waals surface area contributed by atoms with Crippen LogP contribution in [0.4, 0.5) is 0 Å². The van der Waals surface area contributed by atoms with Gasteiger partial charge >= 0.3 is 72.4 Å². The van der Waals surface area contributed by atoms with Gasteiger partial charge in [0.25, 0.3) is 0 Å². The van der Waals surface area contributed by atoms with Crippen LogP contribution in [-0.2, 0) is 14.4 Å². The van der Waals surface area contributed by atoms with E-state index in [1.807, 2.05) is 0 Å². The number of thioether (sulfide) groups is 3. The summed E-state index contributed by atoms with van der Waals surface area (Å²) in [6, 6.07) is 0. The molecule has 96 heavy (non-hydrogen) atoms. The SMILES string of the molecule is CCCCC(CC)CSC(CC(CC)CCCC)(CC(CC)CCCC)C(=O)[O-].CCCCC(CC)CSC(CC(CC)CCCC)(CC(CC)CCCC)C(=O)[O-].CCCCC(CC)CSC(CC(CC)CCCC)(CC(CC)CCCC)C(=O)[O-].CCCCCCC[CH2][Sn+3]. The Morgan fingerprint density at radius 3 is 0.552 bits per heavy atom. The molecule has 0 amide bonds. The maximum atomic E-state index is 12.7. The standard InChI is InChI=1S/3C26H52O2S.C8H17.Sn/c3*1-7-13-16-22(10-4)19-26(25(27)28,20-23(11-5)17-14-8-2)29-21-24(12-6)18-15-9-3;1-3-5-7-8-6-4-2;/h3*22-24H,7-21H2,1-6H3,(H,27,28);1,3-8H2,2H3;/q;;;;+3/p-3. The van der Waals surface area contributed by atoms with Crippen molar-refractivity contribution in [2.45, 2.75) is 458 Å². The van der Waals surface area contributed by atoms with Crippen LogP contribution in [0.3, 0.4) is 0 Å². The topological polar surface area (TPSA) is 120 Å². The quantitative estimate of drug-likeness (QED) is 0.0433. The monoisotopic (exact) mass is 1520 g/mol. The molecule has 0 heterocycles. The van der Waals surface area contributed by atoms with Crippen molar-refractivity contribution in [3.63, 3.8) is 0 Å². The van der Waals surface area contributed by atoms with E-state index in [1.165, 1.54) is 178 Å². The first-order valence-corrected chi connectivity index (χ1v) is 47.4. The average Bonchev–Trinajstić information content (AvgIpc) is 0.854. The zero-order valence-electron chi connectivity index (χ0n) is 68.1. The molecule has 0 saturated heterocycles. The Labute approximate surface area is 629 Å². The normalized spacial score (nSPS) is 16.3. The van der Waals surface area contributed by atoms with Gasteiger partial charge in [0, 0.05) is 0 Å². The van der Waals surface area contributed by atoms with Gasteiger partial charge in [-0.15, -0.1) is 35.3 Å². The van der Waals surface area contributed by atoms with Gasteiger partial charge < -0.3 is 29.7 Å². The Hall–Kier alpha value is 0.259. The van der Waals surface area contributed by atoms with Gasteiger partial charge in [0.15, 0.2) is 0 Å². The van der Waals surface area contributed by atoms with Gasteiger partial charge in [-0.2, -0.15) is 0 Å². The zero-order chi connectivity index (χ0) is 73.3. The van der Waals surface area contributed by atoms with E-state index in [2.05, 4.69) is 132 Å². The number of hydrogen-bond acceptors (Lipinski definition) is 9. The van der Waals surface area contributed by atoms with Crippen LogP contribution < -0.4 is 15.3 Å². The summed E-state index contributed by atoms with van der Waals surface area (Å²) in [6.45, 7) is 42.5. The summed E-state index contributed by atoms with van der Waals surface area (Å²) in [6.07, 6.45) is 55.7. The third kappa shape index (κ3) is 51.4. The third-order valence-electron chi connectivity index (χ3n) is 22.0. The first-order valence-electron chi connectivity index (χ1n) is 42.4. The second-order valence-corrected chi connectivity index (χ2v) is 35.9. The van der Waals surface area contributed by atoms with Crippen molar-refractivity contribution in [3.05, 3.63) is 0 Å². The van der Waals surface area contributed by atoms with Gasteiger partial charge in [-0.25, -0.2) is 0 Å². The van der Waals surface area contributed by atoms with E-state index in [0.29, 0.717) is 53.3 Å². The zero-order valence-corrected chi connectivity index (χ0v) is 73.4. The molecule has 0 spiro atoms. The van der Waals surface area contributed by atoms with Crippen molar-refractivity contribution in [1.29, 1.82) is 0 Å². The Morgan fingerprint density at radius 2 is 0.406 bits per heavy atom. The minimum atomic E-state index is -0.794. The number of hydrogen-bond donors (Lipinski definition) is 0. The van der Waals surface area contributed by atoms with Crippen molar-refractivity contribution in [2.24, 2.45) is 53.3 Å². The predicted octanol–water partition coefficient (Wildman–Crippen LogP) is 25.8. The van der Waals surface area contributed by atoms with E-state index in [1.54, 1.807) is 57.8 Å². The molecule has 0 aromatic heterocycles. The fraction of sp³-hybridized carbons (Fsp3) is 0.965. The summed E-state index contributed by atoms with van der Waals surface area (Å²) in [5, 5.41) is 38.0. The molecule has 0 aliphatic heterocycles. The van der Waals surface area contributed by atoms with E-state index >= 15 is 0 Å².